The Morgan fingerprint density at radius 1 is 1.30 bits per heavy atom. The average Bonchev–Trinajstić information content (AvgIpc) is 2.88. The van der Waals surface area contributed by atoms with Crippen LogP contribution >= 0.6 is 0 Å². The van der Waals surface area contributed by atoms with Gasteiger partial charge in [-0.25, -0.2) is 8.42 Å². The van der Waals surface area contributed by atoms with Crippen LogP contribution in [0.2, 0.25) is 0 Å². The van der Waals surface area contributed by atoms with Crippen molar-refractivity contribution in [2.45, 2.75) is 42.4 Å². The molecule has 7 heteroatoms. The van der Waals surface area contributed by atoms with Crippen LogP contribution in [0.15, 0.2) is 29.2 Å². The zero-order chi connectivity index (χ0) is 14.8. The molecule has 0 aliphatic heterocycles. The molecule has 0 radical (unpaired) electrons. The van der Waals surface area contributed by atoms with Crippen LogP contribution in [-0.4, -0.2) is 31.2 Å². The van der Waals surface area contributed by atoms with E-state index in [1.807, 2.05) is 6.92 Å². The normalized spacial score (nSPS) is 22.9. The summed E-state index contributed by atoms with van der Waals surface area (Å²) in [6.45, 7) is 2.69. The lowest BCUT2D eigenvalue weighted by Gasteiger charge is -2.20. The summed E-state index contributed by atoms with van der Waals surface area (Å²) in [4.78, 5) is 10.2. The average molecular weight is 298 g/mol. The first-order valence-corrected chi connectivity index (χ1v) is 8.23. The zero-order valence-corrected chi connectivity index (χ0v) is 12.1. The number of hydrogen-bond donors (Lipinski definition) is 1. The van der Waals surface area contributed by atoms with Crippen molar-refractivity contribution in [2.75, 3.05) is 6.54 Å². The van der Waals surface area contributed by atoms with Crippen LogP contribution in [0.5, 0.6) is 0 Å². The molecule has 1 aromatic carbocycles. The maximum Gasteiger partial charge on any atom is 0.269 e. The Kier molecular flexibility index (Phi) is 4.39. The molecule has 6 nitrogen and oxygen atoms in total. The molecule has 1 N–H and O–H groups in total. The third-order valence-corrected chi connectivity index (χ3v) is 5.98. The summed E-state index contributed by atoms with van der Waals surface area (Å²) in [5.74, 6) is 0. The van der Waals surface area contributed by atoms with Gasteiger partial charge in [-0.05, 0) is 31.5 Å². The zero-order valence-electron chi connectivity index (χ0n) is 11.3. The van der Waals surface area contributed by atoms with E-state index in [4.69, 9.17) is 0 Å². The Bertz CT molecular complexity index is 583. The summed E-state index contributed by atoms with van der Waals surface area (Å²) >= 11 is 0. The number of nitrogens with one attached hydrogen (secondary N) is 1. The number of benzene rings is 1. The van der Waals surface area contributed by atoms with Crippen molar-refractivity contribution in [3.05, 3.63) is 34.4 Å². The maximum absolute atomic E-state index is 12.6. The highest BCUT2D eigenvalue weighted by molar-refractivity contribution is 7.92. The van der Waals surface area contributed by atoms with Gasteiger partial charge in [-0.3, -0.25) is 10.1 Å². The minimum Gasteiger partial charge on any atom is -0.313 e. The molecule has 0 heterocycles. The number of nitrogens with zero attached hydrogens (tertiary/aromatic N) is 1. The molecular weight excluding hydrogens is 280 g/mol. The Hall–Kier alpha value is -1.47. The second kappa shape index (κ2) is 5.88. The highest BCUT2D eigenvalue weighted by atomic mass is 32.2. The smallest absolute Gasteiger partial charge is 0.269 e. The molecule has 2 unspecified atom stereocenters. The van der Waals surface area contributed by atoms with Crippen molar-refractivity contribution < 1.29 is 13.3 Å². The molecular formula is C13H18N2O4S. The Morgan fingerprint density at radius 3 is 2.50 bits per heavy atom. The number of nitro benzene ring substituents is 1. The monoisotopic (exact) mass is 298 g/mol. The van der Waals surface area contributed by atoms with Crippen LogP contribution in [0.1, 0.15) is 26.2 Å². The van der Waals surface area contributed by atoms with Crippen LogP contribution in [-0.2, 0) is 9.84 Å². The molecule has 0 amide bonds. The number of sulfone groups is 1. The first-order valence-electron chi connectivity index (χ1n) is 6.68. The number of non-ortho nitro benzene ring substituents is 1. The van der Waals surface area contributed by atoms with E-state index in [0.29, 0.717) is 6.42 Å². The Labute approximate surface area is 118 Å². The van der Waals surface area contributed by atoms with Gasteiger partial charge in [-0.15, -0.1) is 0 Å². The van der Waals surface area contributed by atoms with E-state index in [9.17, 15) is 18.5 Å². The molecule has 1 aromatic rings. The van der Waals surface area contributed by atoms with Crippen molar-refractivity contribution in [3.63, 3.8) is 0 Å². The highest BCUT2D eigenvalue weighted by Crippen LogP contribution is 2.30. The van der Waals surface area contributed by atoms with E-state index in [-0.39, 0.29) is 16.6 Å². The molecule has 1 saturated carbocycles. The molecule has 2 rings (SSSR count). The summed E-state index contributed by atoms with van der Waals surface area (Å²) in [6, 6.07) is 5.11. The molecule has 0 spiro atoms. The first kappa shape index (κ1) is 14.9. The lowest BCUT2D eigenvalue weighted by atomic mass is 10.2. The fraction of sp³-hybridized carbons (Fsp3) is 0.538. The second-order valence-corrected chi connectivity index (χ2v) is 7.10. The quantitative estimate of drug-likeness (QED) is 0.662. The summed E-state index contributed by atoms with van der Waals surface area (Å²) in [6.07, 6.45) is 2.37. The maximum atomic E-state index is 12.6. The van der Waals surface area contributed by atoms with Gasteiger partial charge in [0.25, 0.3) is 5.69 Å². The number of hydrogen-bond acceptors (Lipinski definition) is 5. The van der Waals surface area contributed by atoms with Gasteiger partial charge in [-0.2, -0.15) is 0 Å². The van der Waals surface area contributed by atoms with Crippen LogP contribution in [0, 0.1) is 10.1 Å². The molecule has 2 atom stereocenters. The third-order valence-electron chi connectivity index (χ3n) is 3.69. The van der Waals surface area contributed by atoms with Crippen molar-refractivity contribution in [3.8, 4) is 0 Å². The summed E-state index contributed by atoms with van der Waals surface area (Å²) < 4.78 is 25.2. The Balaban J connectivity index is 2.27. The lowest BCUT2D eigenvalue weighted by molar-refractivity contribution is -0.384. The topological polar surface area (TPSA) is 89.3 Å². The van der Waals surface area contributed by atoms with Crippen LogP contribution in [0.3, 0.4) is 0 Å². The Morgan fingerprint density at radius 2 is 1.95 bits per heavy atom. The summed E-state index contributed by atoms with van der Waals surface area (Å²) in [7, 11) is -3.44. The summed E-state index contributed by atoms with van der Waals surface area (Å²) in [5, 5.41) is 13.4. The minimum absolute atomic E-state index is 0.0276. The fourth-order valence-electron chi connectivity index (χ4n) is 2.73. The van der Waals surface area contributed by atoms with Gasteiger partial charge in [0.2, 0.25) is 0 Å². The molecule has 1 aliphatic carbocycles. The van der Waals surface area contributed by atoms with E-state index < -0.39 is 20.0 Å². The molecule has 0 bridgehead atoms. The van der Waals surface area contributed by atoms with E-state index in [0.717, 1.165) is 19.4 Å². The van der Waals surface area contributed by atoms with E-state index in [1.165, 1.54) is 24.3 Å². The standard InChI is InChI=1S/C13H18N2O4S/c1-2-14-12-4-3-5-13(12)20(18,19)11-8-6-10(7-9-11)15(16)17/h6-9,12-14H,2-5H2,1H3. The van der Waals surface area contributed by atoms with E-state index in [1.54, 1.807) is 0 Å². The van der Waals surface area contributed by atoms with Crippen LogP contribution in [0.25, 0.3) is 0 Å². The molecule has 0 aromatic heterocycles. The van der Waals surface area contributed by atoms with E-state index >= 15 is 0 Å². The van der Waals surface area contributed by atoms with Gasteiger partial charge < -0.3 is 5.32 Å². The molecule has 0 saturated heterocycles. The summed E-state index contributed by atoms with van der Waals surface area (Å²) in [5.41, 5.74) is -0.0985. The third kappa shape index (κ3) is 2.83. The van der Waals surface area contributed by atoms with Gasteiger partial charge in [0, 0.05) is 18.2 Å². The first-order chi connectivity index (χ1) is 9.46. The van der Waals surface area contributed by atoms with Gasteiger partial charge in [0.15, 0.2) is 9.84 Å². The molecule has 1 aliphatic rings. The van der Waals surface area contributed by atoms with E-state index in [2.05, 4.69) is 5.32 Å². The fourth-order valence-corrected chi connectivity index (χ4v) is 4.73. The lowest BCUT2D eigenvalue weighted by Crippen LogP contribution is -2.40. The van der Waals surface area contributed by atoms with Crippen LogP contribution in [0.4, 0.5) is 5.69 Å². The highest BCUT2D eigenvalue weighted by Gasteiger charge is 2.37. The minimum atomic E-state index is -3.44. The van der Waals surface area contributed by atoms with Gasteiger partial charge >= 0.3 is 0 Å². The predicted molar refractivity (Wildman–Crippen MR) is 75.4 cm³/mol. The van der Waals surface area contributed by atoms with Gasteiger partial charge in [0.05, 0.1) is 15.1 Å². The molecule has 110 valence electrons. The molecule has 1 fully saturated rings. The van der Waals surface area contributed by atoms with Crippen molar-refractivity contribution in [1.82, 2.24) is 5.32 Å². The second-order valence-electron chi connectivity index (χ2n) is 4.93. The van der Waals surface area contributed by atoms with Crippen LogP contribution < -0.4 is 5.32 Å². The van der Waals surface area contributed by atoms with Gasteiger partial charge in [-0.1, -0.05) is 13.3 Å². The van der Waals surface area contributed by atoms with Crippen molar-refractivity contribution in [2.24, 2.45) is 0 Å². The van der Waals surface area contributed by atoms with Crippen molar-refractivity contribution >= 4 is 15.5 Å². The predicted octanol–water partition coefficient (Wildman–Crippen LogP) is 1.90. The van der Waals surface area contributed by atoms with Gasteiger partial charge in [0.1, 0.15) is 0 Å². The van der Waals surface area contributed by atoms with Crippen molar-refractivity contribution in [1.29, 1.82) is 0 Å². The SMILES string of the molecule is CCNC1CCCC1S(=O)(=O)c1ccc([N+](=O)[O-])cc1. The number of rotatable bonds is 5. The molecule has 20 heavy (non-hydrogen) atoms. The largest absolute Gasteiger partial charge is 0.313 e. The number of nitro groups is 1.